The molecule has 24 heavy (non-hydrogen) atoms. The van der Waals surface area contributed by atoms with Crippen molar-refractivity contribution in [2.45, 2.75) is 19.3 Å². The summed E-state index contributed by atoms with van der Waals surface area (Å²) in [5.41, 5.74) is 1.16. The number of hydrogen-bond donors (Lipinski definition) is 0. The van der Waals surface area contributed by atoms with Crippen molar-refractivity contribution < 1.29 is 9.15 Å². The lowest BCUT2D eigenvalue weighted by atomic mass is 10.1. The molecule has 1 fully saturated rings. The van der Waals surface area contributed by atoms with Gasteiger partial charge in [0.2, 0.25) is 5.43 Å². The first-order valence-electron chi connectivity index (χ1n) is 8.63. The maximum absolute atomic E-state index is 12.8. The number of ether oxygens (including phenoxy) is 1. The van der Waals surface area contributed by atoms with Gasteiger partial charge in [0, 0.05) is 6.54 Å². The summed E-state index contributed by atoms with van der Waals surface area (Å²) in [4.78, 5) is 15.2. The highest BCUT2D eigenvalue weighted by Gasteiger charge is 2.13. The lowest BCUT2D eigenvalue weighted by molar-refractivity contribution is 0.184. The average Bonchev–Trinajstić information content (AvgIpc) is 2.63. The van der Waals surface area contributed by atoms with Gasteiger partial charge in [-0.25, -0.2) is 0 Å². The molecule has 4 rings (SSSR count). The molecule has 1 aliphatic rings. The van der Waals surface area contributed by atoms with Crippen LogP contribution < -0.4 is 10.2 Å². The van der Waals surface area contributed by atoms with Gasteiger partial charge in [-0.15, -0.1) is 0 Å². The quantitative estimate of drug-likeness (QED) is 0.685. The van der Waals surface area contributed by atoms with Crippen molar-refractivity contribution in [3.8, 4) is 5.75 Å². The number of fused-ring (bicyclic) bond motifs is 2. The molecule has 0 spiro atoms. The second kappa shape index (κ2) is 6.65. The predicted octanol–water partition coefficient (Wildman–Crippen LogP) is 3.81. The summed E-state index contributed by atoms with van der Waals surface area (Å²) in [7, 11) is 0. The zero-order valence-electron chi connectivity index (χ0n) is 13.7. The van der Waals surface area contributed by atoms with E-state index in [1.54, 1.807) is 6.07 Å². The minimum atomic E-state index is -0.0274. The molecule has 0 atom stereocenters. The van der Waals surface area contributed by atoms with Gasteiger partial charge < -0.3 is 9.15 Å². The van der Waals surface area contributed by atoms with Gasteiger partial charge in [-0.1, -0.05) is 24.6 Å². The van der Waals surface area contributed by atoms with Crippen LogP contribution in [0.25, 0.3) is 21.9 Å². The fourth-order valence-corrected chi connectivity index (χ4v) is 3.40. The van der Waals surface area contributed by atoms with Crippen LogP contribution in [0.1, 0.15) is 19.3 Å². The lowest BCUT2D eigenvalue weighted by Gasteiger charge is -2.26. The molecule has 0 amide bonds. The summed E-state index contributed by atoms with van der Waals surface area (Å²) >= 11 is 0. The van der Waals surface area contributed by atoms with E-state index in [1.165, 1.54) is 19.3 Å². The zero-order chi connectivity index (χ0) is 16.4. The number of piperidine rings is 1. The first-order valence-corrected chi connectivity index (χ1v) is 8.63. The summed E-state index contributed by atoms with van der Waals surface area (Å²) in [5.74, 6) is 0.615. The van der Waals surface area contributed by atoms with Gasteiger partial charge in [0.25, 0.3) is 0 Å². The van der Waals surface area contributed by atoms with Crippen LogP contribution in [0.15, 0.2) is 51.7 Å². The minimum Gasteiger partial charge on any atom is -0.491 e. The third-order valence-corrected chi connectivity index (χ3v) is 4.68. The molecule has 1 aliphatic heterocycles. The molecule has 0 radical (unpaired) electrons. The van der Waals surface area contributed by atoms with Crippen molar-refractivity contribution in [3.63, 3.8) is 0 Å². The van der Waals surface area contributed by atoms with Gasteiger partial charge in [0.15, 0.2) is 0 Å². The molecule has 0 saturated carbocycles. The summed E-state index contributed by atoms with van der Waals surface area (Å²) < 4.78 is 11.8. The van der Waals surface area contributed by atoms with Gasteiger partial charge in [0.05, 0.1) is 5.39 Å². The van der Waals surface area contributed by atoms with Crippen LogP contribution in [0.3, 0.4) is 0 Å². The molecule has 4 heteroatoms. The molecule has 1 saturated heterocycles. The summed E-state index contributed by atoms with van der Waals surface area (Å²) in [5, 5.41) is 1.13. The maximum Gasteiger partial charge on any atom is 0.204 e. The molecule has 4 nitrogen and oxygen atoms in total. The van der Waals surface area contributed by atoms with Crippen LogP contribution in [-0.2, 0) is 0 Å². The second-order valence-corrected chi connectivity index (χ2v) is 6.31. The molecule has 2 aromatic carbocycles. The third-order valence-electron chi connectivity index (χ3n) is 4.68. The van der Waals surface area contributed by atoms with Gasteiger partial charge in [0.1, 0.15) is 28.9 Å². The van der Waals surface area contributed by atoms with E-state index in [9.17, 15) is 4.79 Å². The third kappa shape index (κ3) is 2.89. The Bertz CT molecular complexity index is 910. The van der Waals surface area contributed by atoms with E-state index in [0.29, 0.717) is 34.3 Å². The van der Waals surface area contributed by atoms with E-state index in [-0.39, 0.29) is 5.43 Å². The summed E-state index contributed by atoms with van der Waals surface area (Å²) in [6.45, 7) is 3.78. The Morgan fingerprint density at radius 3 is 2.62 bits per heavy atom. The van der Waals surface area contributed by atoms with E-state index >= 15 is 0 Å². The van der Waals surface area contributed by atoms with Gasteiger partial charge >= 0.3 is 0 Å². The molecule has 0 N–H and O–H groups in total. The van der Waals surface area contributed by atoms with Crippen molar-refractivity contribution in [3.05, 3.63) is 52.7 Å². The average molecular weight is 323 g/mol. The minimum absolute atomic E-state index is 0.0274. The fraction of sp³-hybridized carbons (Fsp3) is 0.350. The molecule has 0 bridgehead atoms. The highest BCUT2D eigenvalue weighted by molar-refractivity contribution is 5.93. The topological polar surface area (TPSA) is 42.7 Å². The van der Waals surface area contributed by atoms with Crippen LogP contribution in [-0.4, -0.2) is 31.1 Å². The smallest absolute Gasteiger partial charge is 0.204 e. The number of hydrogen-bond acceptors (Lipinski definition) is 4. The predicted molar refractivity (Wildman–Crippen MR) is 95.8 cm³/mol. The number of rotatable bonds is 4. The first-order chi connectivity index (χ1) is 11.8. The number of likely N-dealkylation sites (tertiary alicyclic amines) is 1. The van der Waals surface area contributed by atoms with E-state index in [1.807, 2.05) is 36.4 Å². The number of para-hydroxylation sites is 1. The molecule has 2 heterocycles. The van der Waals surface area contributed by atoms with Crippen LogP contribution in [0, 0.1) is 0 Å². The molecule has 0 aliphatic carbocycles. The van der Waals surface area contributed by atoms with Gasteiger partial charge in [-0.2, -0.15) is 0 Å². The second-order valence-electron chi connectivity index (χ2n) is 6.31. The largest absolute Gasteiger partial charge is 0.491 e. The Balaban J connectivity index is 1.63. The highest BCUT2D eigenvalue weighted by Crippen LogP contribution is 2.26. The van der Waals surface area contributed by atoms with Crippen LogP contribution in [0.4, 0.5) is 0 Å². The fourth-order valence-electron chi connectivity index (χ4n) is 3.40. The first kappa shape index (κ1) is 15.2. The van der Waals surface area contributed by atoms with E-state index < -0.39 is 0 Å². The van der Waals surface area contributed by atoms with Crippen molar-refractivity contribution in [2.24, 2.45) is 0 Å². The van der Waals surface area contributed by atoms with E-state index in [2.05, 4.69) is 4.90 Å². The van der Waals surface area contributed by atoms with E-state index in [4.69, 9.17) is 9.15 Å². The molecule has 124 valence electrons. The summed E-state index contributed by atoms with van der Waals surface area (Å²) in [6.07, 6.45) is 3.86. The van der Waals surface area contributed by atoms with Gasteiger partial charge in [-0.05, 0) is 50.2 Å². The summed E-state index contributed by atoms with van der Waals surface area (Å²) in [6, 6.07) is 12.9. The van der Waals surface area contributed by atoms with Crippen molar-refractivity contribution in [1.29, 1.82) is 0 Å². The van der Waals surface area contributed by atoms with Crippen molar-refractivity contribution >= 4 is 21.9 Å². The van der Waals surface area contributed by atoms with Crippen molar-refractivity contribution in [2.75, 3.05) is 26.2 Å². The number of nitrogens with zero attached hydrogens (tertiary/aromatic N) is 1. The Labute approximate surface area is 140 Å². The maximum atomic E-state index is 12.8. The normalized spacial score (nSPS) is 15.8. The Morgan fingerprint density at radius 1 is 0.958 bits per heavy atom. The van der Waals surface area contributed by atoms with Crippen molar-refractivity contribution in [1.82, 2.24) is 4.90 Å². The van der Waals surface area contributed by atoms with Gasteiger partial charge in [-0.3, -0.25) is 9.69 Å². The Kier molecular flexibility index (Phi) is 4.22. The SMILES string of the molecule is O=c1c2ccccc2oc2cccc(OCCN3CCCCC3)c12. The highest BCUT2D eigenvalue weighted by atomic mass is 16.5. The molecular weight excluding hydrogens is 302 g/mol. The monoisotopic (exact) mass is 323 g/mol. The molecule has 3 aromatic rings. The van der Waals surface area contributed by atoms with E-state index in [0.717, 1.165) is 19.6 Å². The molecule has 1 aromatic heterocycles. The Hall–Kier alpha value is -2.33. The Morgan fingerprint density at radius 2 is 1.75 bits per heavy atom. The molecular formula is C20H21NO3. The molecule has 0 unspecified atom stereocenters. The van der Waals surface area contributed by atoms with Crippen LogP contribution in [0.2, 0.25) is 0 Å². The number of benzene rings is 2. The standard InChI is InChI=1S/C20H21NO3/c22-20-15-7-2-3-8-16(15)24-18-10-6-9-17(19(18)20)23-14-13-21-11-4-1-5-12-21/h2-3,6-10H,1,4-5,11-14H2. The zero-order valence-corrected chi connectivity index (χ0v) is 13.7. The van der Waals surface area contributed by atoms with Crippen LogP contribution in [0.5, 0.6) is 5.75 Å². The van der Waals surface area contributed by atoms with Crippen LogP contribution >= 0.6 is 0 Å². The lowest BCUT2D eigenvalue weighted by Crippen LogP contribution is -2.33.